The number of thiophene rings is 1. The van der Waals surface area contributed by atoms with Crippen LogP contribution < -0.4 is 10.1 Å². The number of halogens is 2. The number of anilines is 1. The third-order valence-corrected chi connectivity index (χ3v) is 7.32. The van der Waals surface area contributed by atoms with Crippen LogP contribution in [0.3, 0.4) is 0 Å². The summed E-state index contributed by atoms with van der Waals surface area (Å²) in [6, 6.07) is 15.8. The van der Waals surface area contributed by atoms with Gasteiger partial charge in [0, 0.05) is 17.1 Å². The number of carbonyl (C=O) groups excluding carboxylic acids is 2. The number of likely N-dealkylation sites (tertiary alicyclic amines) is 1. The third kappa shape index (κ3) is 6.33. The van der Waals surface area contributed by atoms with Gasteiger partial charge in [0.1, 0.15) is 42.6 Å². The minimum atomic E-state index is -0.619. The molecule has 1 fully saturated rings. The van der Waals surface area contributed by atoms with E-state index >= 15 is 0 Å². The first-order chi connectivity index (χ1) is 17.9. The number of hydrogen-bond donors (Lipinski definition) is 1. The fraction of sp³-hybridized carbons (Fsp3) is 0.231. The normalized spacial score (nSPS) is 17.1. The minimum Gasteiger partial charge on any atom is -0.457 e. The summed E-state index contributed by atoms with van der Waals surface area (Å²) in [5, 5.41) is 6.93. The van der Waals surface area contributed by atoms with Gasteiger partial charge in [-0.2, -0.15) is 5.10 Å². The molecule has 0 bridgehead atoms. The molecule has 3 heterocycles. The van der Waals surface area contributed by atoms with Crippen LogP contribution in [-0.2, 0) is 22.6 Å². The SMILES string of the molecule is O=C(Nc1ccc(Oc2ccc(F)cc2)cc1)[C@@H]1C[C@@H](Cc2ccc(Cl)s2)CN1C(=O)Cn1cncn1. The molecule has 0 unspecified atom stereocenters. The monoisotopic (exact) mass is 539 g/mol. The summed E-state index contributed by atoms with van der Waals surface area (Å²) in [4.78, 5) is 33.1. The van der Waals surface area contributed by atoms with Crippen molar-refractivity contribution < 1.29 is 18.7 Å². The number of benzene rings is 2. The number of hydrogen-bond acceptors (Lipinski definition) is 6. The van der Waals surface area contributed by atoms with Gasteiger partial charge in [0.15, 0.2) is 0 Å². The number of aromatic nitrogens is 3. The fourth-order valence-electron chi connectivity index (χ4n) is 4.36. The standard InChI is InChI=1S/C26H23ClFN5O3S/c27-24-10-9-22(37-24)11-17-12-23(33(13-17)25(34)14-32-16-29-15-30-32)26(35)31-19-3-7-21(8-4-19)36-20-5-1-18(28)2-6-20/h1-10,15-17,23H,11-14H2,(H,31,35)/t17-,23+/m1/s1. The second kappa shape index (κ2) is 11.1. The Morgan fingerprint density at radius 1 is 1.08 bits per heavy atom. The van der Waals surface area contributed by atoms with Crippen LogP contribution in [0.4, 0.5) is 10.1 Å². The molecule has 2 aromatic carbocycles. The van der Waals surface area contributed by atoms with E-state index in [0.29, 0.717) is 34.5 Å². The Bertz CT molecular complexity index is 1360. The number of carbonyl (C=O) groups is 2. The first-order valence-electron chi connectivity index (χ1n) is 11.6. The van der Waals surface area contributed by atoms with Crippen molar-refractivity contribution in [2.75, 3.05) is 11.9 Å². The lowest BCUT2D eigenvalue weighted by Gasteiger charge is -2.24. The van der Waals surface area contributed by atoms with E-state index in [4.69, 9.17) is 16.3 Å². The van der Waals surface area contributed by atoms with E-state index < -0.39 is 6.04 Å². The van der Waals surface area contributed by atoms with Crippen molar-refractivity contribution in [3.63, 3.8) is 0 Å². The van der Waals surface area contributed by atoms with Crippen molar-refractivity contribution in [1.29, 1.82) is 0 Å². The Kier molecular flexibility index (Phi) is 7.47. The van der Waals surface area contributed by atoms with Crippen LogP contribution in [0.25, 0.3) is 0 Å². The zero-order valence-corrected chi connectivity index (χ0v) is 21.2. The number of nitrogens with zero attached hydrogens (tertiary/aromatic N) is 4. The Balaban J connectivity index is 1.26. The molecule has 2 aromatic heterocycles. The summed E-state index contributed by atoms with van der Waals surface area (Å²) in [5.74, 6) is 0.379. The van der Waals surface area contributed by atoms with E-state index in [1.807, 2.05) is 12.1 Å². The van der Waals surface area contributed by atoms with Crippen LogP contribution in [0.15, 0.2) is 73.3 Å². The van der Waals surface area contributed by atoms with Crippen LogP contribution >= 0.6 is 22.9 Å². The lowest BCUT2D eigenvalue weighted by Crippen LogP contribution is -2.44. The summed E-state index contributed by atoms with van der Waals surface area (Å²) >= 11 is 7.60. The molecule has 1 aliphatic heterocycles. The van der Waals surface area contributed by atoms with Gasteiger partial charge < -0.3 is 15.0 Å². The van der Waals surface area contributed by atoms with E-state index in [0.717, 1.165) is 11.3 Å². The maximum atomic E-state index is 13.3. The summed E-state index contributed by atoms with van der Waals surface area (Å²) < 4.78 is 21.0. The van der Waals surface area contributed by atoms with Gasteiger partial charge in [-0.1, -0.05) is 11.6 Å². The molecule has 0 spiro atoms. The van der Waals surface area contributed by atoms with Gasteiger partial charge in [-0.25, -0.2) is 14.1 Å². The molecule has 0 saturated carbocycles. The lowest BCUT2D eigenvalue weighted by atomic mass is 10.0. The van der Waals surface area contributed by atoms with Crippen LogP contribution in [0.1, 0.15) is 11.3 Å². The van der Waals surface area contributed by atoms with Crippen LogP contribution in [0.2, 0.25) is 4.34 Å². The van der Waals surface area contributed by atoms with Gasteiger partial charge in [-0.3, -0.25) is 9.59 Å². The molecular formula is C26H23ClFN5O3S. The van der Waals surface area contributed by atoms with Crippen molar-refractivity contribution in [3.05, 3.63) is 88.3 Å². The second-order valence-corrected chi connectivity index (χ2v) is 10.5. The summed E-state index contributed by atoms with van der Waals surface area (Å²) in [6.45, 7) is 0.475. The first kappa shape index (κ1) is 24.9. The Morgan fingerprint density at radius 3 is 2.46 bits per heavy atom. The highest BCUT2D eigenvalue weighted by molar-refractivity contribution is 7.16. The van der Waals surface area contributed by atoms with Gasteiger partial charge in [0.25, 0.3) is 0 Å². The molecule has 0 radical (unpaired) electrons. The Morgan fingerprint density at radius 2 is 1.81 bits per heavy atom. The van der Waals surface area contributed by atoms with E-state index in [-0.39, 0.29) is 30.1 Å². The lowest BCUT2D eigenvalue weighted by molar-refractivity contribution is -0.137. The van der Waals surface area contributed by atoms with Gasteiger partial charge in [0.2, 0.25) is 11.8 Å². The van der Waals surface area contributed by atoms with E-state index in [1.54, 1.807) is 29.2 Å². The predicted molar refractivity (Wildman–Crippen MR) is 138 cm³/mol. The van der Waals surface area contributed by atoms with Crippen LogP contribution in [0.5, 0.6) is 11.5 Å². The van der Waals surface area contributed by atoms with E-state index in [9.17, 15) is 14.0 Å². The van der Waals surface area contributed by atoms with Gasteiger partial charge in [-0.05, 0) is 79.4 Å². The molecule has 2 amide bonds. The van der Waals surface area contributed by atoms with Gasteiger partial charge >= 0.3 is 0 Å². The molecule has 37 heavy (non-hydrogen) atoms. The Labute approximate surface area is 221 Å². The highest BCUT2D eigenvalue weighted by Crippen LogP contribution is 2.31. The van der Waals surface area contributed by atoms with Crippen LogP contribution in [0, 0.1) is 11.7 Å². The second-order valence-electron chi connectivity index (χ2n) is 8.74. The molecule has 1 N–H and O–H groups in total. The van der Waals surface area contributed by atoms with E-state index in [1.165, 1.54) is 52.9 Å². The van der Waals surface area contributed by atoms with Gasteiger partial charge in [0.05, 0.1) is 4.34 Å². The quantitative estimate of drug-likeness (QED) is 0.339. The minimum absolute atomic E-state index is 0.0107. The van der Waals surface area contributed by atoms with E-state index in [2.05, 4.69) is 15.4 Å². The molecular weight excluding hydrogens is 517 g/mol. The summed E-state index contributed by atoms with van der Waals surface area (Å²) in [6.07, 6.45) is 4.12. The Hall–Kier alpha value is -3.76. The molecule has 5 rings (SSSR count). The molecule has 2 atom stereocenters. The number of ether oxygens (including phenoxy) is 1. The maximum absolute atomic E-state index is 13.3. The zero-order valence-electron chi connectivity index (χ0n) is 19.6. The highest BCUT2D eigenvalue weighted by atomic mass is 35.5. The fourth-order valence-corrected chi connectivity index (χ4v) is 5.56. The predicted octanol–water partition coefficient (Wildman–Crippen LogP) is 5.02. The van der Waals surface area contributed by atoms with Crippen molar-refractivity contribution in [2.24, 2.45) is 5.92 Å². The van der Waals surface area contributed by atoms with Crippen molar-refractivity contribution in [3.8, 4) is 11.5 Å². The molecule has 4 aromatic rings. The smallest absolute Gasteiger partial charge is 0.247 e. The zero-order chi connectivity index (χ0) is 25.8. The molecule has 11 heteroatoms. The first-order valence-corrected chi connectivity index (χ1v) is 12.8. The third-order valence-electron chi connectivity index (χ3n) is 6.06. The summed E-state index contributed by atoms with van der Waals surface area (Å²) in [5.41, 5.74) is 0.577. The average Bonchev–Trinajstić information content (AvgIpc) is 3.64. The van der Waals surface area contributed by atoms with Crippen molar-refractivity contribution >= 4 is 40.4 Å². The largest absolute Gasteiger partial charge is 0.457 e. The molecule has 8 nitrogen and oxygen atoms in total. The summed E-state index contributed by atoms with van der Waals surface area (Å²) in [7, 11) is 0. The molecule has 1 aliphatic rings. The molecule has 0 aliphatic carbocycles. The number of amides is 2. The topological polar surface area (TPSA) is 89.4 Å². The van der Waals surface area contributed by atoms with Crippen molar-refractivity contribution in [1.82, 2.24) is 19.7 Å². The van der Waals surface area contributed by atoms with Gasteiger partial charge in [-0.15, -0.1) is 11.3 Å². The maximum Gasteiger partial charge on any atom is 0.247 e. The number of nitrogens with one attached hydrogen (secondary N) is 1. The van der Waals surface area contributed by atoms with Crippen molar-refractivity contribution in [2.45, 2.75) is 25.4 Å². The highest BCUT2D eigenvalue weighted by Gasteiger charge is 2.39. The molecule has 190 valence electrons. The average molecular weight is 540 g/mol. The molecule has 1 saturated heterocycles. The number of rotatable bonds is 8. The van der Waals surface area contributed by atoms with Crippen LogP contribution in [-0.4, -0.2) is 44.1 Å².